The van der Waals surface area contributed by atoms with Crippen molar-refractivity contribution in [3.63, 3.8) is 0 Å². The Morgan fingerprint density at radius 1 is 1.17 bits per heavy atom. The number of nitro groups is 1. The van der Waals surface area contributed by atoms with E-state index in [1.165, 1.54) is 17.7 Å². The smallest absolute Gasteiger partial charge is 0.288 e. The van der Waals surface area contributed by atoms with Crippen LogP contribution in [-0.4, -0.2) is 44.1 Å². The second-order valence-electron chi connectivity index (χ2n) is 7.74. The molecule has 1 aliphatic rings. The van der Waals surface area contributed by atoms with E-state index in [4.69, 9.17) is 0 Å². The van der Waals surface area contributed by atoms with E-state index >= 15 is 0 Å². The van der Waals surface area contributed by atoms with Crippen LogP contribution in [-0.2, 0) is 9.84 Å². The Bertz CT molecular complexity index is 955. The Labute approximate surface area is 171 Å². The molecule has 8 heteroatoms. The Balaban J connectivity index is 1.83. The van der Waals surface area contributed by atoms with Crippen LogP contribution in [0, 0.1) is 16.0 Å². The molecule has 1 N–H and O–H groups in total. The molecule has 29 heavy (non-hydrogen) atoms. The second-order valence-corrected chi connectivity index (χ2v) is 9.72. The number of nitrogens with one attached hydrogen (secondary N) is 1. The number of piperidine rings is 1. The van der Waals surface area contributed by atoms with E-state index in [-0.39, 0.29) is 10.9 Å². The molecule has 0 saturated carbocycles. The first-order chi connectivity index (χ1) is 13.8. The topological polar surface area (TPSA) is 92.5 Å². The zero-order valence-electron chi connectivity index (χ0n) is 16.7. The monoisotopic (exact) mass is 417 g/mol. The van der Waals surface area contributed by atoms with Gasteiger partial charge in [0.15, 0.2) is 9.84 Å². The van der Waals surface area contributed by atoms with Crippen LogP contribution in [0.15, 0.2) is 53.4 Å². The third-order valence-electron chi connectivity index (χ3n) is 5.50. The first-order valence-electron chi connectivity index (χ1n) is 9.77. The number of sulfone groups is 1. The summed E-state index contributed by atoms with van der Waals surface area (Å²) in [5.41, 5.74) is 1.35. The van der Waals surface area contributed by atoms with E-state index in [1.807, 2.05) is 18.2 Å². The third kappa shape index (κ3) is 5.33. The van der Waals surface area contributed by atoms with Crippen LogP contribution in [0.5, 0.6) is 0 Å². The summed E-state index contributed by atoms with van der Waals surface area (Å²) in [4.78, 5) is 12.7. The summed E-state index contributed by atoms with van der Waals surface area (Å²) in [6, 6.07) is 14.5. The van der Waals surface area contributed by atoms with Crippen LogP contribution in [0.25, 0.3) is 0 Å². The van der Waals surface area contributed by atoms with E-state index in [2.05, 4.69) is 29.3 Å². The summed E-state index contributed by atoms with van der Waals surface area (Å²) in [5, 5.41) is 14.5. The van der Waals surface area contributed by atoms with Gasteiger partial charge in [-0.05, 0) is 49.5 Å². The molecule has 1 heterocycles. The van der Waals surface area contributed by atoms with Gasteiger partial charge in [-0.15, -0.1) is 0 Å². The molecular formula is C21H27N3O4S. The largest absolute Gasteiger partial charge is 0.383 e. The minimum Gasteiger partial charge on any atom is -0.383 e. The van der Waals surface area contributed by atoms with Gasteiger partial charge >= 0.3 is 0 Å². The van der Waals surface area contributed by atoms with Crippen molar-refractivity contribution in [3.05, 3.63) is 64.2 Å². The van der Waals surface area contributed by atoms with E-state index in [9.17, 15) is 18.5 Å². The zero-order chi connectivity index (χ0) is 21.0. The number of rotatable bonds is 7. The maximum Gasteiger partial charge on any atom is 0.288 e. The average molecular weight is 418 g/mol. The Hall–Kier alpha value is -2.45. The zero-order valence-corrected chi connectivity index (χ0v) is 17.6. The summed E-state index contributed by atoms with van der Waals surface area (Å²) in [6.45, 7) is 4.88. The van der Waals surface area contributed by atoms with Crippen molar-refractivity contribution >= 4 is 21.2 Å². The minimum atomic E-state index is -3.71. The highest BCUT2D eigenvalue weighted by molar-refractivity contribution is 7.90. The molecule has 1 saturated heterocycles. The SMILES string of the molecule is CC1CCN(C(CNc2ccc([N+](=O)[O-])c(S(C)(=O)=O)c2)c2ccccc2)CC1. The lowest BCUT2D eigenvalue weighted by Gasteiger charge is -2.37. The molecule has 0 aliphatic carbocycles. The highest BCUT2D eigenvalue weighted by Crippen LogP contribution is 2.30. The van der Waals surface area contributed by atoms with Crippen LogP contribution in [0.2, 0.25) is 0 Å². The van der Waals surface area contributed by atoms with Crippen molar-refractivity contribution in [2.75, 3.05) is 31.2 Å². The number of nitrogens with zero attached hydrogens (tertiary/aromatic N) is 2. The predicted octanol–water partition coefficient (Wildman–Crippen LogP) is 3.88. The number of hydrogen-bond acceptors (Lipinski definition) is 6. The lowest BCUT2D eigenvalue weighted by Crippen LogP contribution is -2.39. The molecule has 1 aliphatic heterocycles. The number of hydrogen-bond donors (Lipinski definition) is 1. The molecule has 2 aromatic carbocycles. The van der Waals surface area contributed by atoms with Crippen molar-refractivity contribution in [1.82, 2.24) is 4.90 Å². The molecule has 0 radical (unpaired) electrons. The Morgan fingerprint density at radius 2 is 1.83 bits per heavy atom. The molecule has 0 spiro atoms. The molecule has 156 valence electrons. The summed E-state index contributed by atoms with van der Waals surface area (Å²) < 4.78 is 24.0. The van der Waals surface area contributed by atoms with Gasteiger partial charge in [0.25, 0.3) is 5.69 Å². The maximum absolute atomic E-state index is 12.0. The van der Waals surface area contributed by atoms with Gasteiger partial charge in [-0.3, -0.25) is 15.0 Å². The van der Waals surface area contributed by atoms with E-state index in [1.54, 1.807) is 6.07 Å². The fraction of sp³-hybridized carbons (Fsp3) is 0.429. The number of benzene rings is 2. The van der Waals surface area contributed by atoms with Crippen LogP contribution in [0.4, 0.5) is 11.4 Å². The van der Waals surface area contributed by atoms with Crippen LogP contribution >= 0.6 is 0 Å². The standard InChI is InChI=1S/C21H27N3O4S/c1-16-10-12-23(13-11-16)20(17-6-4-3-5-7-17)15-22-18-8-9-19(24(25)26)21(14-18)29(2,27)28/h3-9,14,16,20,22H,10-13,15H2,1-2H3. The lowest BCUT2D eigenvalue weighted by molar-refractivity contribution is -0.387. The van der Waals surface area contributed by atoms with Crippen molar-refractivity contribution in [2.24, 2.45) is 5.92 Å². The third-order valence-corrected chi connectivity index (χ3v) is 6.62. The maximum atomic E-state index is 12.0. The van der Waals surface area contributed by atoms with E-state index in [0.29, 0.717) is 12.2 Å². The number of anilines is 1. The molecule has 7 nitrogen and oxygen atoms in total. The van der Waals surface area contributed by atoms with Gasteiger partial charge in [-0.2, -0.15) is 0 Å². The van der Waals surface area contributed by atoms with E-state index in [0.717, 1.165) is 38.1 Å². The highest BCUT2D eigenvalue weighted by atomic mass is 32.2. The van der Waals surface area contributed by atoms with E-state index < -0.39 is 20.4 Å². The molecule has 1 fully saturated rings. The van der Waals surface area contributed by atoms with Crippen LogP contribution in [0.1, 0.15) is 31.4 Å². The molecule has 0 bridgehead atoms. The number of likely N-dealkylation sites (tertiary alicyclic amines) is 1. The molecule has 3 rings (SSSR count). The van der Waals surface area contributed by atoms with Crippen molar-refractivity contribution < 1.29 is 13.3 Å². The quantitative estimate of drug-likeness (QED) is 0.543. The van der Waals surface area contributed by atoms with Gasteiger partial charge in [-0.1, -0.05) is 37.3 Å². The van der Waals surface area contributed by atoms with Gasteiger partial charge in [0.1, 0.15) is 4.90 Å². The number of nitro benzene ring substituents is 1. The first-order valence-corrected chi connectivity index (χ1v) is 11.7. The van der Waals surface area contributed by atoms with Gasteiger partial charge in [0.05, 0.1) is 11.0 Å². The van der Waals surface area contributed by atoms with Crippen molar-refractivity contribution in [3.8, 4) is 0 Å². The van der Waals surface area contributed by atoms with Gasteiger partial charge < -0.3 is 5.32 Å². The van der Waals surface area contributed by atoms with Crippen LogP contribution in [0.3, 0.4) is 0 Å². The highest BCUT2D eigenvalue weighted by Gasteiger charge is 2.26. The Kier molecular flexibility index (Phi) is 6.54. The minimum absolute atomic E-state index is 0.139. The molecule has 0 amide bonds. The van der Waals surface area contributed by atoms with Crippen molar-refractivity contribution in [1.29, 1.82) is 0 Å². The van der Waals surface area contributed by atoms with Gasteiger partial charge in [-0.25, -0.2) is 8.42 Å². The first kappa shape index (κ1) is 21.3. The Morgan fingerprint density at radius 3 is 2.41 bits per heavy atom. The summed E-state index contributed by atoms with van der Waals surface area (Å²) >= 11 is 0. The molecular weight excluding hydrogens is 390 g/mol. The van der Waals surface area contributed by atoms with Gasteiger partial charge in [0, 0.05) is 24.6 Å². The van der Waals surface area contributed by atoms with Crippen LogP contribution < -0.4 is 5.32 Å². The summed E-state index contributed by atoms with van der Waals surface area (Å²) in [7, 11) is -3.71. The predicted molar refractivity (Wildman–Crippen MR) is 114 cm³/mol. The van der Waals surface area contributed by atoms with Crippen molar-refractivity contribution in [2.45, 2.75) is 30.7 Å². The molecule has 1 atom stereocenters. The van der Waals surface area contributed by atoms with Gasteiger partial charge in [0.2, 0.25) is 0 Å². The summed E-state index contributed by atoms with van der Waals surface area (Å²) in [5.74, 6) is 0.725. The molecule has 0 aromatic heterocycles. The molecule has 1 unspecified atom stereocenters. The second kappa shape index (κ2) is 8.92. The normalized spacial score (nSPS) is 17.0. The average Bonchev–Trinajstić information content (AvgIpc) is 2.69. The lowest BCUT2D eigenvalue weighted by atomic mass is 9.95. The fourth-order valence-corrected chi connectivity index (χ4v) is 4.62. The fourth-order valence-electron chi connectivity index (χ4n) is 3.76. The summed E-state index contributed by atoms with van der Waals surface area (Å²) in [6.07, 6.45) is 3.29. The molecule has 2 aromatic rings.